The van der Waals surface area contributed by atoms with Crippen LogP contribution in [0.1, 0.15) is 174 Å². The van der Waals surface area contributed by atoms with Crippen molar-refractivity contribution in [2.24, 2.45) is 0 Å². The Labute approximate surface area is 236 Å². The average molecular weight is 540 g/mol. The molecule has 1 atom stereocenters. The minimum absolute atomic E-state index is 0.0279. The van der Waals surface area contributed by atoms with Gasteiger partial charge in [0.15, 0.2) is 0 Å². The highest BCUT2D eigenvalue weighted by Gasteiger charge is 2.07. The summed E-state index contributed by atoms with van der Waals surface area (Å²) >= 11 is 1.80. The molecule has 0 rings (SSSR count). The summed E-state index contributed by atoms with van der Waals surface area (Å²) in [6.45, 7) is 4.52. The van der Waals surface area contributed by atoms with Crippen LogP contribution in [0.15, 0.2) is 11.5 Å². The van der Waals surface area contributed by atoms with Gasteiger partial charge in [-0.1, -0.05) is 161 Å². The summed E-state index contributed by atoms with van der Waals surface area (Å²) in [7, 11) is 0. The molecule has 0 radical (unpaired) electrons. The number of carbonyl (C=O) groups excluding carboxylic acids is 1. The number of aliphatic hydroxyl groups is 1. The van der Waals surface area contributed by atoms with Gasteiger partial charge in [-0.15, -0.1) is 11.8 Å². The number of rotatable bonds is 30. The molecule has 1 unspecified atom stereocenters. The third-order valence-electron chi connectivity index (χ3n) is 7.32. The van der Waals surface area contributed by atoms with E-state index in [1.807, 2.05) is 6.08 Å². The van der Waals surface area contributed by atoms with Crippen LogP contribution in [-0.2, 0) is 4.79 Å². The zero-order valence-corrected chi connectivity index (χ0v) is 25.9. The van der Waals surface area contributed by atoms with Crippen LogP contribution in [0.5, 0.6) is 0 Å². The molecule has 220 valence electrons. The lowest BCUT2D eigenvalue weighted by Gasteiger charge is -2.12. The molecule has 0 aromatic heterocycles. The third kappa shape index (κ3) is 29.9. The van der Waals surface area contributed by atoms with Gasteiger partial charge in [0.25, 0.3) is 0 Å². The van der Waals surface area contributed by atoms with Gasteiger partial charge in [0.05, 0.1) is 12.6 Å². The van der Waals surface area contributed by atoms with Gasteiger partial charge in [-0.05, 0) is 24.0 Å². The molecular formula is C33H65NO2S. The van der Waals surface area contributed by atoms with E-state index in [1.165, 1.54) is 141 Å². The molecule has 0 saturated heterocycles. The van der Waals surface area contributed by atoms with Crippen LogP contribution in [-0.4, -0.2) is 29.4 Å². The largest absolute Gasteiger partial charge is 0.394 e. The number of carbonyl (C=O) groups is 1. The standard InChI is InChI=1S/C33H65NO2S/c1-3-5-7-9-11-13-15-16-17-19-21-23-25-27-33(36)34-32(31-35)28-30-37-29-26-24-22-20-18-14-12-10-8-6-4-2/h28,30,32,35H,3-27,29,31H2,1-2H3,(H,34,36)/b30-28+. The lowest BCUT2D eigenvalue weighted by Crippen LogP contribution is -2.35. The van der Waals surface area contributed by atoms with E-state index in [0.717, 1.165) is 18.6 Å². The first-order valence-electron chi connectivity index (χ1n) is 16.4. The number of aliphatic hydroxyl groups excluding tert-OH is 1. The molecule has 0 spiro atoms. The molecule has 1 amide bonds. The van der Waals surface area contributed by atoms with Crippen molar-refractivity contribution in [3.63, 3.8) is 0 Å². The monoisotopic (exact) mass is 539 g/mol. The van der Waals surface area contributed by atoms with E-state index in [-0.39, 0.29) is 18.6 Å². The summed E-state index contributed by atoms with van der Waals surface area (Å²) in [6, 6.07) is -0.251. The van der Waals surface area contributed by atoms with Gasteiger partial charge < -0.3 is 10.4 Å². The Morgan fingerprint density at radius 1 is 0.622 bits per heavy atom. The molecular weight excluding hydrogens is 474 g/mol. The van der Waals surface area contributed by atoms with Crippen molar-refractivity contribution in [1.82, 2.24) is 5.32 Å². The molecule has 0 aliphatic heterocycles. The molecule has 0 heterocycles. The number of hydrogen-bond donors (Lipinski definition) is 2. The van der Waals surface area contributed by atoms with Crippen molar-refractivity contribution in [3.05, 3.63) is 11.5 Å². The van der Waals surface area contributed by atoms with Gasteiger partial charge in [-0.2, -0.15) is 0 Å². The van der Waals surface area contributed by atoms with Crippen LogP contribution in [0.3, 0.4) is 0 Å². The van der Waals surface area contributed by atoms with E-state index in [9.17, 15) is 9.90 Å². The number of hydrogen-bond acceptors (Lipinski definition) is 3. The number of amides is 1. The summed E-state index contributed by atoms with van der Waals surface area (Å²) in [5.41, 5.74) is 0. The molecule has 0 aromatic carbocycles. The van der Waals surface area contributed by atoms with Crippen molar-refractivity contribution in [2.45, 2.75) is 180 Å². The van der Waals surface area contributed by atoms with E-state index < -0.39 is 0 Å². The maximum atomic E-state index is 12.2. The van der Waals surface area contributed by atoms with Crippen LogP contribution < -0.4 is 5.32 Å². The fraction of sp³-hybridized carbons (Fsp3) is 0.909. The minimum atomic E-state index is -0.251. The maximum absolute atomic E-state index is 12.2. The Morgan fingerprint density at radius 3 is 1.41 bits per heavy atom. The van der Waals surface area contributed by atoms with Crippen molar-refractivity contribution in [3.8, 4) is 0 Å². The van der Waals surface area contributed by atoms with E-state index in [2.05, 4.69) is 24.6 Å². The highest BCUT2D eigenvalue weighted by molar-refractivity contribution is 8.02. The molecule has 0 bridgehead atoms. The summed E-state index contributed by atoms with van der Waals surface area (Å²) < 4.78 is 0. The quantitative estimate of drug-likeness (QED) is 0.0892. The number of unbranched alkanes of at least 4 members (excludes halogenated alkanes) is 22. The second kappa shape index (κ2) is 31.7. The van der Waals surface area contributed by atoms with Crippen molar-refractivity contribution in [1.29, 1.82) is 0 Å². The fourth-order valence-electron chi connectivity index (χ4n) is 4.80. The zero-order valence-electron chi connectivity index (χ0n) is 25.1. The van der Waals surface area contributed by atoms with E-state index in [0.29, 0.717) is 6.42 Å². The fourth-order valence-corrected chi connectivity index (χ4v) is 5.61. The highest BCUT2D eigenvalue weighted by Crippen LogP contribution is 2.14. The molecule has 37 heavy (non-hydrogen) atoms. The smallest absolute Gasteiger partial charge is 0.220 e. The molecule has 0 aliphatic rings. The average Bonchev–Trinajstić information content (AvgIpc) is 2.90. The van der Waals surface area contributed by atoms with Gasteiger partial charge in [0, 0.05) is 6.42 Å². The van der Waals surface area contributed by atoms with Crippen molar-refractivity contribution < 1.29 is 9.90 Å². The summed E-state index contributed by atoms with van der Waals surface area (Å²) in [5.74, 6) is 1.20. The van der Waals surface area contributed by atoms with Crippen LogP contribution in [0, 0.1) is 0 Å². The number of nitrogens with one attached hydrogen (secondary N) is 1. The maximum Gasteiger partial charge on any atom is 0.220 e. The Morgan fingerprint density at radius 2 is 1.00 bits per heavy atom. The second-order valence-electron chi connectivity index (χ2n) is 11.1. The Kier molecular flexibility index (Phi) is 31.3. The Balaban J connectivity index is 3.49. The predicted molar refractivity (Wildman–Crippen MR) is 167 cm³/mol. The Hall–Kier alpha value is -0.480. The summed E-state index contributed by atoms with van der Waals surface area (Å²) in [6.07, 6.45) is 34.8. The van der Waals surface area contributed by atoms with Gasteiger partial charge in [-0.3, -0.25) is 4.79 Å². The van der Waals surface area contributed by atoms with Gasteiger partial charge in [0.2, 0.25) is 5.91 Å². The minimum Gasteiger partial charge on any atom is -0.394 e. The third-order valence-corrected chi connectivity index (χ3v) is 8.20. The van der Waals surface area contributed by atoms with E-state index >= 15 is 0 Å². The van der Waals surface area contributed by atoms with Crippen LogP contribution in [0.2, 0.25) is 0 Å². The Bertz CT molecular complexity index is 483. The van der Waals surface area contributed by atoms with Crippen LogP contribution in [0.4, 0.5) is 0 Å². The lowest BCUT2D eigenvalue weighted by atomic mass is 10.0. The SMILES string of the molecule is CCCCCCCCCCCCCCCC(=O)NC(/C=C/SCCCCCCCCCCCCC)CO. The molecule has 4 heteroatoms. The topological polar surface area (TPSA) is 49.3 Å². The first-order chi connectivity index (χ1) is 18.2. The van der Waals surface area contributed by atoms with E-state index in [1.54, 1.807) is 11.8 Å². The molecule has 3 nitrogen and oxygen atoms in total. The normalized spacial score (nSPS) is 12.4. The van der Waals surface area contributed by atoms with Gasteiger partial charge in [0.1, 0.15) is 0 Å². The predicted octanol–water partition coefficient (Wildman–Crippen LogP) is 10.5. The second-order valence-corrected chi connectivity index (χ2v) is 12.1. The summed E-state index contributed by atoms with van der Waals surface area (Å²) in [4.78, 5) is 12.2. The molecule has 0 fully saturated rings. The molecule has 0 aliphatic carbocycles. The van der Waals surface area contributed by atoms with Crippen LogP contribution in [0.25, 0.3) is 0 Å². The summed E-state index contributed by atoms with van der Waals surface area (Å²) in [5, 5.41) is 14.6. The van der Waals surface area contributed by atoms with Gasteiger partial charge >= 0.3 is 0 Å². The number of thioether (sulfide) groups is 1. The van der Waals surface area contributed by atoms with Crippen molar-refractivity contribution in [2.75, 3.05) is 12.4 Å². The lowest BCUT2D eigenvalue weighted by molar-refractivity contribution is -0.121. The molecule has 2 N–H and O–H groups in total. The highest BCUT2D eigenvalue weighted by atomic mass is 32.2. The first kappa shape index (κ1) is 36.5. The zero-order chi connectivity index (χ0) is 27.1. The molecule has 0 saturated carbocycles. The van der Waals surface area contributed by atoms with Crippen molar-refractivity contribution >= 4 is 17.7 Å². The first-order valence-corrected chi connectivity index (χ1v) is 17.5. The van der Waals surface area contributed by atoms with E-state index in [4.69, 9.17) is 0 Å². The molecule has 0 aromatic rings. The van der Waals surface area contributed by atoms with Gasteiger partial charge in [-0.25, -0.2) is 0 Å². The van der Waals surface area contributed by atoms with Crippen LogP contribution >= 0.6 is 11.8 Å².